The summed E-state index contributed by atoms with van der Waals surface area (Å²) in [5.41, 5.74) is 2.36. The third-order valence-electron chi connectivity index (χ3n) is 3.05. The number of carbonyl (C=O) groups excluding carboxylic acids is 2. The first kappa shape index (κ1) is 16.5. The Morgan fingerprint density at radius 3 is 2.30 bits per heavy atom. The highest BCUT2D eigenvalue weighted by Crippen LogP contribution is 2.09. The van der Waals surface area contributed by atoms with Gasteiger partial charge in [0.15, 0.2) is 0 Å². The molecule has 2 rings (SSSR count). The van der Waals surface area contributed by atoms with Crippen molar-refractivity contribution in [3.8, 4) is 0 Å². The summed E-state index contributed by atoms with van der Waals surface area (Å²) in [5.74, 6) is -0.671. The van der Waals surface area contributed by atoms with E-state index in [2.05, 4.69) is 0 Å². The van der Waals surface area contributed by atoms with Crippen molar-refractivity contribution >= 4 is 18.0 Å². The molecular weight excluding hydrogens is 292 g/mol. The fourth-order valence-electron chi connectivity index (χ4n) is 1.89. The van der Waals surface area contributed by atoms with Crippen LogP contribution in [0.15, 0.2) is 60.7 Å². The molecule has 0 saturated carbocycles. The van der Waals surface area contributed by atoms with E-state index in [1.165, 1.54) is 6.92 Å². The third kappa shape index (κ3) is 5.79. The van der Waals surface area contributed by atoms with Crippen LogP contribution in [-0.2, 0) is 20.9 Å². The van der Waals surface area contributed by atoms with Gasteiger partial charge >= 0.3 is 11.9 Å². The Kier molecular flexibility index (Phi) is 6.12. The van der Waals surface area contributed by atoms with Crippen molar-refractivity contribution in [2.75, 3.05) is 6.61 Å². The molecule has 0 unspecified atom stereocenters. The minimum absolute atomic E-state index is 0.232. The normalized spacial score (nSPS) is 10.5. The minimum atomic E-state index is -0.357. The van der Waals surface area contributed by atoms with Gasteiger partial charge in [-0.05, 0) is 29.3 Å². The predicted octanol–water partition coefficient (Wildman–Crippen LogP) is 3.62. The van der Waals surface area contributed by atoms with E-state index in [1.807, 2.05) is 48.5 Å². The van der Waals surface area contributed by atoms with E-state index in [0.717, 1.165) is 11.1 Å². The summed E-state index contributed by atoms with van der Waals surface area (Å²) < 4.78 is 10.1. The molecule has 0 radical (unpaired) electrons. The Hall–Kier alpha value is -2.88. The molecule has 0 N–H and O–H groups in total. The van der Waals surface area contributed by atoms with Crippen molar-refractivity contribution < 1.29 is 19.1 Å². The quantitative estimate of drug-likeness (QED) is 0.765. The first-order valence-corrected chi connectivity index (χ1v) is 7.26. The van der Waals surface area contributed by atoms with Crippen LogP contribution in [0.2, 0.25) is 0 Å². The molecule has 0 spiro atoms. The van der Waals surface area contributed by atoms with Crippen LogP contribution in [0.25, 0.3) is 6.08 Å². The Labute approximate surface area is 135 Å². The van der Waals surface area contributed by atoms with Crippen molar-refractivity contribution in [3.05, 3.63) is 77.4 Å². The Balaban J connectivity index is 1.86. The van der Waals surface area contributed by atoms with Crippen molar-refractivity contribution in [2.45, 2.75) is 13.5 Å². The van der Waals surface area contributed by atoms with Gasteiger partial charge in [0.25, 0.3) is 0 Å². The molecule has 0 aliphatic heterocycles. The van der Waals surface area contributed by atoms with E-state index in [-0.39, 0.29) is 25.2 Å². The predicted molar refractivity (Wildman–Crippen MR) is 87.7 cm³/mol. The van der Waals surface area contributed by atoms with Crippen LogP contribution in [0.4, 0.5) is 0 Å². The van der Waals surface area contributed by atoms with Crippen molar-refractivity contribution in [3.63, 3.8) is 0 Å². The second kappa shape index (κ2) is 8.54. The summed E-state index contributed by atoms with van der Waals surface area (Å²) in [6, 6.07) is 16.6. The first-order valence-electron chi connectivity index (χ1n) is 7.26. The van der Waals surface area contributed by atoms with E-state index < -0.39 is 0 Å². The number of hydrogen-bond acceptors (Lipinski definition) is 4. The van der Waals surface area contributed by atoms with Crippen LogP contribution in [-0.4, -0.2) is 18.5 Å². The molecule has 4 heteroatoms. The maximum atomic E-state index is 12.0. The van der Waals surface area contributed by atoms with Crippen LogP contribution in [0, 0.1) is 0 Å². The average Bonchev–Trinajstić information content (AvgIpc) is 2.58. The SMILES string of the molecule is CC(=O)OC/C=C/c1ccc(C(=O)OCc2ccccc2)cc1. The van der Waals surface area contributed by atoms with Gasteiger partial charge in [0, 0.05) is 6.92 Å². The molecule has 0 aromatic heterocycles. The first-order chi connectivity index (χ1) is 11.1. The van der Waals surface area contributed by atoms with Gasteiger partial charge in [-0.3, -0.25) is 4.79 Å². The second-order valence-corrected chi connectivity index (χ2v) is 4.89. The summed E-state index contributed by atoms with van der Waals surface area (Å²) in [6.07, 6.45) is 3.56. The lowest BCUT2D eigenvalue weighted by Crippen LogP contribution is -2.05. The molecule has 0 amide bonds. The fraction of sp³-hybridized carbons (Fsp3) is 0.158. The lowest BCUT2D eigenvalue weighted by molar-refractivity contribution is -0.139. The minimum Gasteiger partial charge on any atom is -0.462 e. The molecule has 0 heterocycles. The number of hydrogen-bond donors (Lipinski definition) is 0. The van der Waals surface area contributed by atoms with Gasteiger partial charge in [-0.15, -0.1) is 0 Å². The van der Waals surface area contributed by atoms with Gasteiger partial charge < -0.3 is 9.47 Å². The molecule has 0 saturated heterocycles. The molecule has 0 fully saturated rings. The molecule has 0 aliphatic rings. The average molecular weight is 310 g/mol. The summed E-state index contributed by atoms with van der Waals surface area (Å²) >= 11 is 0. The number of carbonyl (C=O) groups is 2. The van der Waals surface area contributed by atoms with Crippen molar-refractivity contribution in [2.24, 2.45) is 0 Å². The summed E-state index contributed by atoms with van der Waals surface area (Å²) in [7, 11) is 0. The van der Waals surface area contributed by atoms with E-state index in [4.69, 9.17) is 9.47 Å². The zero-order valence-corrected chi connectivity index (χ0v) is 12.9. The molecule has 0 aliphatic carbocycles. The maximum Gasteiger partial charge on any atom is 0.338 e. The van der Waals surface area contributed by atoms with Crippen molar-refractivity contribution in [1.29, 1.82) is 0 Å². The molecule has 118 valence electrons. The molecule has 2 aromatic carbocycles. The van der Waals surface area contributed by atoms with Crippen LogP contribution in [0.3, 0.4) is 0 Å². The van der Waals surface area contributed by atoms with E-state index in [1.54, 1.807) is 18.2 Å². The maximum absolute atomic E-state index is 12.0. The highest BCUT2D eigenvalue weighted by molar-refractivity contribution is 5.89. The number of rotatable bonds is 6. The smallest absolute Gasteiger partial charge is 0.338 e. The Bertz CT molecular complexity index is 672. The fourth-order valence-corrected chi connectivity index (χ4v) is 1.89. The molecule has 0 atom stereocenters. The summed E-state index contributed by atoms with van der Waals surface area (Å²) in [6.45, 7) is 1.85. The van der Waals surface area contributed by atoms with Crippen LogP contribution in [0.5, 0.6) is 0 Å². The zero-order valence-electron chi connectivity index (χ0n) is 12.9. The molecular formula is C19H18O4. The number of benzene rings is 2. The highest BCUT2D eigenvalue weighted by Gasteiger charge is 2.06. The third-order valence-corrected chi connectivity index (χ3v) is 3.05. The highest BCUT2D eigenvalue weighted by atomic mass is 16.5. The summed E-state index contributed by atoms with van der Waals surface area (Å²) in [4.78, 5) is 22.6. The van der Waals surface area contributed by atoms with Crippen LogP contribution < -0.4 is 0 Å². The molecule has 23 heavy (non-hydrogen) atoms. The molecule has 0 bridgehead atoms. The van der Waals surface area contributed by atoms with Gasteiger partial charge in [0.05, 0.1) is 5.56 Å². The molecule has 2 aromatic rings. The summed E-state index contributed by atoms with van der Waals surface area (Å²) in [5, 5.41) is 0. The second-order valence-electron chi connectivity index (χ2n) is 4.89. The van der Waals surface area contributed by atoms with E-state index in [0.29, 0.717) is 5.56 Å². The Morgan fingerprint density at radius 2 is 1.65 bits per heavy atom. The monoisotopic (exact) mass is 310 g/mol. The van der Waals surface area contributed by atoms with E-state index in [9.17, 15) is 9.59 Å². The van der Waals surface area contributed by atoms with Gasteiger partial charge in [-0.2, -0.15) is 0 Å². The van der Waals surface area contributed by atoms with Gasteiger partial charge in [0.2, 0.25) is 0 Å². The van der Waals surface area contributed by atoms with Crippen LogP contribution >= 0.6 is 0 Å². The van der Waals surface area contributed by atoms with E-state index >= 15 is 0 Å². The standard InChI is InChI=1S/C19H18O4/c1-15(20)22-13-5-8-16-9-11-18(12-10-16)19(21)23-14-17-6-3-2-4-7-17/h2-12H,13-14H2,1H3/b8-5+. The largest absolute Gasteiger partial charge is 0.462 e. The number of esters is 2. The lowest BCUT2D eigenvalue weighted by Gasteiger charge is -2.05. The van der Waals surface area contributed by atoms with Crippen LogP contribution in [0.1, 0.15) is 28.4 Å². The van der Waals surface area contributed by atoms with Gasteiger partial charge in [0.1, 0.15) is 13.2 Å². The van der Waals surface area contributed by atoms with Crippen molar-refractivity contribution in [1.82, 2.24) is 0 Å². The van der Waals surface area contributed by atoms with Gasteiger partial charge in [-0.25, -0.2) is 4.79 Å². The zero-order chi connectivity index (χ0) is 16.5. The number of ether oxygens (including phenoxy) is 2. The Morgan fingerprint density at radius 1 is 0.957 bits per heavy atom. The lowest BCUT2D eigenvalue weighted by atomic mass is 10.1. The van der Waals surface area contributed by atoms with Gasteiger partial charge in [-0.1, -0.05) is 48.5 Å². The topological polar surface area (TPSA) is 52.6 Å². The molecule has 4 nitrogen and oxygen atoms in total.